The molecule has 0 aliphatic rings. The summed E-state index contributed by atoms with van der Waals surface area (Å²) in [5.74, 6) is -0.693. The molecule has 16 heavy (non-hydrogen) atoms. The first kappa shape index (κ1) is 10.7. The van der Waals surface area contributed by atoms with Gasteiger partial charge in [0.1, 0.15) is 0 Å². The maximum atomic E-state index is 11.4. The standard InChI is InChI=1S/C12H13NO3/c1-2-3-5-8-6-4-7-9-10(8)13-12(15)16-11(9)14/h4,6-7H,2-3,5H2,1H3,(H,13,15). The lowest BCUT2D eigenvalue weighted by molar-refractivity contribution is 0.460. The Morgan fingerprint density at radius 1 is 1.31 bits per heavy atom. The van der Waals surface area contributed by atoms with E-state index in [2.05, 4.69) is 16.3 Å². The third kappa shape index (κ3) is 1.91. The summed E-state index contributed by atoms with van der Waals surface area (Å²) < 4.78 is 4.48. The summed E-state index contributed by atoms with van der Waals surface area (Å²) >= 11 is 0. The fourth-order valence-corrected chi connectivity index (χ4v) is 1.76. The molecule has 0 amide bonds. The Morgan fingerprint density at radius 2 is 2.12 bits per heavy atom. The lowest BCUT2D eigenvalue weighted by atomic mass is 10.1. The first-order chi connectivity index (χ1) is 7.72. The molecule has 1 aromatic heterocycles. The molecule has 1 aromatic carbocycles. The van der Waals surface area contributed by atoms with E-state index in [0.717, 1.165) is 24.8 Å². The van der Waals surface area contributed by atoms with Crippen LogP contribution in [0.5, 0.6) is 0 Å². The van der Waals surface area contributed by atoms with Gasteiger partial charge in [-0.25, -0.2) is 9.59 Å². The summed E-state index contributed by atoms with van der Waals surface area (Å²) in [7, 11) is 0. The molecule has 0 bridgehead atoms. The van der Waals surface area contributed by atoms with Crippen molar-refractivity contribution < 1.29 is 4.42 Å². The van der Waals surface area contributed by atoms with E-state index in [1.165, 1.54) is 0 Å². The number of H-pyrrole nitrogens is 1. The SMILES string of the molecule is CCCCc1cccc2c(=O)oc(=O)[nH]c12. The number of nitrogens with one attached hydrogen (secondary N) is 1. The number of aryl methyl sites for hydroxylation is 1. The molecule has 0 spiro atoms. The van der Waals surface area contributed by atoms with Crippen molar-refractivity contribution in [1.82, 2.24) is 4.98 Å². The molecular formula is C12H13NO3. The van der Waals surface area contributed by atoms with Crippen molar-refractivity contribution in [2.45, 2.75) is 26.2 Å². The zero-order valence-electron chi connectivity index (χ0n) is 9.08. The Morgan fingerprint density at radius 3 is 2.88 bits per heavy atom. The van der Waals surface area contributed by atoms with E-state index in [1.807, 2.05) is 12.1 Å². The normalized spacial score (nSPS) is 10.8. The summed E-state index contributed by atoms with van der Waals surface area (Å²) in [5, 5.41) is 0.438. The van der Waals surface area contributed by atoms with E-state index in [1.54, 1.807) is 6.07 Å². The number of aromatic amines is 1. The summed E-state index contributed by atoms with van der Waals surface area (Å²) in [6, 6.07) is 5.39. The highest BCUT2D eigenvalue weighted by Crippen LogP contribution is 2.14. The van der Waals surface area contributed by atoms with Gasteiger partial charge in [-0.2, -0.15) is 0 Å². The summed E-state index contributed by atoms with van der Waals surface area (Å²) in [5.41, 5.74) is 1.03. The molecule has 84 valence electrons. The molecule has 0 saturated carbocycles. The molecule has 2 aromatic rings. The quantitative estimate of drug-likeness (QED) is 0.856. The predicted octanol–water partition coefficient (Wildman–Crippen LogP) is 1.82. The summed E-state index contributed by atoms with van der Waals surface area (Å²) in [6.45, 7) is 2.10. The molecule has 4 nitrogen and oxygen atoms in total. The average Bonchev–Trinajstić information content (AvgIpc) is 2.26. The van der Waals surface area contributed by atoms with E-state index in [-0.39, 0.29) is 0 Å². The Hall–Kier alpha value is -1.84. The van der Waals surface area contributed by atoms with Crippen LogP contribution in [0.4, 0.5) is 0 Å². The van der Waals surface area contributed by atoms with Crippen LogP contribution in [0.15, 0.2) is 32.2 Å². The molecule has 0 fully saturated rings. The van der Waals surface area contributed by atoms with E-state index in [0.29, 0.717) is 10.9 Å². The number of para-hydroxylation sites is 1. The second-order valence-corrected chi connectivity index (χ2v) is 3.75. The zero-order valence-corrected chi connectivity index (χ0v) is 9.08. The molecule has 4 heteroatoms. The third-order valence-electron chi connectivity index (χ3n) is 2.58. The van der Waals surface area contributed by atoms with Crippen molar-refractivity contribution in [2.75, 3.05) is 0 Å². The van der Waals surface area contributed by atoms with Crippen LogP contribution in [0, 0.1) is 0 Å². The van der Waals surface area contributed by atoms with Gasteiger partial charge in [-0.1, -0.05) is 25.5 Å². The summed E-state index contributed by atoms with van der Waals surface area (Å²) in [6.07, 6.45) is 2.96. The lowest BCUT2D eigenvalue weighted by Crippen LogP contribution is -2.15. The Kier molecular flexibility index (Phi) is 2.90. The topological polar surface area (TPSA) is 63.1 Å². The van der Waals surface area contributed by atoms with Crippen molar-refractivity contribution in [1.29, 1.82) is 0 Å². The van der Waals surface area contributed by atoms with Crippen LogP contribution in [0.3, 0.4) is 0 Å². The molecule has 1 N–H and O–H groups in total. The first-order valence-electron chi connectivity index (χ1n) is 5.37. The summed E-state index contributed by atoms with van der Waals surface area (Å²) in [4.78, 5) is 25.1. The second-order valence-electron chi connectivity index (χ2n) is 3.75. The highest BCUT2D eigenvalue weighted by atomic mass is 16.4. The molecule has 1 heterocycles. The van der Waals surface area contributed by atoms with E-state index in [9.17, 15) is 9.59 Å². The van der Waals surface area contributed by atoms with Gasteiger partial charge >= 0.3 is 11.4 Å². The van der Waals surface area contributed by atoms with Gasteiger partial charge in [-0.05, 0) is 24.5 Å². The molecule has 0 radical (unpaired) electrons. The fraction of sp³-hybridized carbons (Fsp3) is 0.333. The minimum absolute atomic E-state index is 0.438. The number of unbranched alkanes of at least 4 members (excludes halogenated alkanes) is 1. The van der Waals surface area contributed by atoms with E-state index in [4.69, 9.17) is 0 Å². The third-order valence-corrected chi connectivity index (χ3v) is 2.58. The Labute approximate surface area is 91.9 Å². The molecule has 0 atom stereocenters. The monoisotopic (exact) mass is 219 g/mol. The average molecular weight is 219 g/mol. The Balaban J connectivity index is 2.67. The molecule has 0 saturated heterocycles. The van der Waals surface area contributed by atoms with E-state index < -0.39 is 11.4 Å². The van der Waals surface area contributed by atoms with Gasteiger partial charge < -0.3 is 4.42 Å². The Bertz CT molecular complexity index is 609. The number of fused-ring (bicyclic) bond motifs is 1. The van der Waals surface area contributed by atoms with Crippen molar-refractivity contribution in [3.63, 3.8) is 0 Å². The van der Waals surface area contributed by atoms with Crippen LogP contribution < -0.4 is 11.4 Å². The van der Waals surface area contributed by atoms with Gasteiger partial charge in [0.05, 0.1) is 10.9 Å². The maximum Gasteiger partial charge on any atom is 0.419 e. The largest absolute Gasteiger partial charge is 0.419 e. The van der Waals surface area contributed by atoms with Crippen LogP contribution in [-0.2, 0) is 6.42 Å². The van der Waals surface area contributed by atoms with Crippen LogP contribution in [0.2, 0.25) is 0 Å². The highest BCUT2D eigenvalue weighted by molar-refractivity contribution is 5.80. The molecule has 0 aliphatic heterocycles. The number of hydrogen-bond donors (Lipinski definition) is 1. The van der Waals surface area contributed by atoms with Gasteiger partial charge in [0.2, 0.25) is 0 Å². The van der Waals surface area contributed by atoms with Crippen molar-refractivity contribution in [3.05, 3.63) is 44.7 Å². The van der Waals surface area contributed by atoms with Crippen LogP contribution in [-0.4, -0.2) is 4.98 Å². The van der Waals surface area contributed by atoms with Crippen LogP contribution in [0.1, 0.15) is 25.3 Å². The molecule has 2 rings (SSSR count). The molecule has 0 unspecified atom stereocenters. The fourth-order valence-electron chi connectivity index (χ4n) is 1.76. The minimum Gasteiger partial charge on any atom is -0.372 e. The number of rotatable bonds is 3. The van der Waals surface area contributed by atoms with Gasteiger partial charge in [-0.3, -0.25) is 4.98 Å². The van der Waals surface area contributed by atoms with Gasteiger partial charge in [0.25, 0.3) is 0 Å². The van der Waals surface area contributed by atoms with Crippen molar-refractivity contribution in [3.8, 4) is 0 Å². The number of benzene rings is 1. The van der Waals surface area contributed by atoms with Gasteiger partial charge in [-0.15, -0.1) is 0 Å². The van der Waals surface area contributed by atoms with Crippen LogP contribution in [0.25, 0.3) is 10.9 Å². The minimum atomic E-state index is -0.693. The highest BCUT2D eigenvalue weighted by Gasteiger charge is 2.06. The number of hydrogen-bond acceptors (Lipinski definition) is 3. The van der Waals surface area contributed by atoms with E-state index >= 15 is 0 Å². The first-order valence-corrected chi connectivity index (χ1v) is 5.37. The predicted molar refractivity (Wildman–Crippen MR) is 61.7 cm³/mol. The zero-order chi connectivity index (χ0) is 11.5. The molecular weight excluding hydrogens is 206 g/mol. The second kappa shape index (κ2) is 4.35. The van der Waals surface area contributed by atoms with Gasteiger partial charge in [0.15, 0.2) is 0 Å². The maximum absolute atomic E-state index is 11.4. The van der Waals surface area contributed by atoms with Crippen molar-refractivity contribution in [2.24, 2.45) is 0 Å². The lowest BCUT2D eigenvalue weighted by Gasteiger charge is -2.03. The number of aromatic nitrogens is 1. The van der Waals surface area contributed by atoms with Crippen molar-refractivity contribution >= 4 is 10.9 Å². The smallest absolute Gasteiger partial charge is 0.372 e. The van der Waals surface area contributed by atoms with Gasteiger partial charge in [0, 0.05) is 0 Å². The van der Waals surface area contributed by atoms with Crippen LogP contribution >= 0.6 is 0 Å². The molecule has 0 aliphatic carbocycles.